The third-order valence-electron chi connectivity index (χ3n) is 2.97. The second kappa shape index (κ2) is 6.94. The molecule has 0 amide bonds. The zero-order chi connectivity index (χ0) is 12.8. The van der Waals surface area contributed by atoms with Crippen molar-refractivity contribution in [3.8, 4) is 0 Å². The van der Waals surface area contributed by atoms with Crippen LogP contribution in [-0.2, 0) is 6.54 Å². The van der Waals surface area contributed by atoms with E-state index in [2.05, 4.69) is 34.9 Å². The van der Waals surface area contributed by atoms with Crippen molar-refractivity contribution < 1.29 is 4.79 Å². The van der Waals surface area contributed by atoms with E-state index in [9.17, 15) is 4.79 Å². The van der Waals surface area contributed by atoms with Crippen LogP contribution in [0, 0.1) is 5.92 Å². The van der Waals surface area contributed by atoms with Gasteiger partial charge in [-0.3, -0.25) is 9.48 Å². The number of rotatable bonds is 7. The zero-order valence-corrected chi connectivity index (χ0v) is 12.5. The molecule has 0 saturated carbocycles. The van der Waals surface area contributed by atoms with Gasteiger partial charge in [-0.05, 0) is 35.7 Å². The second-order valence-corrected chi connectivity index (χ2v) is 5.15. The van der Waals surface area contributed by atoms with Crippen LogP contribution >= 0.6 is 15.9 Å². The van der Waals surface area contributed by atoms with Crippen LogP contribution in [0.5, 0.6) is 0 Å². The molecule has 0 saturated heterocycles. The Bertz CT molecular complexity index is 367. The average molecular weight is 301 g/mol. The van der Waals surface area contributed by atoms with Gasteiger partial charge in [0.05, 0.1) is 10.7 Å². The molecule has 1 aromatic heterocycles. The Morgan fingerprint density at radius 2 is 1.94 bits per heavy atom. The molecule has 0 spiro atoms. The van der Waals surface area contributed by atoms with E-state index in [0.29, 0.717) is 0 Å². The SMILES string of the molecule is CCCC(CCC)C(=O)c1c(Br)cnn1CC. The predicted molar refractivity (Wildman–Crippen MR) is 73.2 cm³/mol. The van der Waals surface area contributed by atoms with Crippen LogP contribution in [0.3, 0.4) is 0 Å². The fraction of sp³-hybridized carbons (Fsp3) is 0.692. The number of aromatic nitrogens is 2. The molecule has 0 aliphatic carbocycles. The van der Waals surface area contributed by atoms with E-state index >= 15 is 0 Å². The van der Waals surface area contributed by atoms with Crippen molar-refractivity contribution in [3.05, 3.63) is 16.4 Å². The summed E-state index contributed by atoms with van der Waals surface area (Å²) in [5.41, 5.74) is 0.736. The highest BCUT2D eigenvalue weighted by atomic mass is 79.9. The van der Waals surface area contributed by atoms with Crippen molar-refractivity contribution in [1.82, 2.24) is 9.78 Å². The van der Waals surface area contributed by atoms with E-state index in [1.165, 1.54) is 0 Å². The van der Waals surface area contributed by atoms with Crippen LogP contribution < -0.4 is 0 Å². The molecule has 4 heteroatoms. The molecule has 1 rings (SSSR count). The minimum absolute atomic E-state index is 0.142. The number of ketones is 1. The van der Waals surface area contributed by atoms with Gasteiger partial charge in [-0.15, -0.1) is 0 Å². The predicted octanol–water partition coefficient (Wildman–Crippen LogP) is 4.06. The lowest BCUT2D eigenvalue weighted by atomic mass is 9.92. The maximum atomic E-state index is 12.5. The molecule has 0 aliphatic rings. The summed E-state index contributed by atoms with van der Waals surface area (Å²) in [5, 5.41) is 4.21. The number of halogens is 1. The minimum atomic E-state index is 0.142. The molecule has 0 fully saturated rings. The average Bonchev–Trinajstić information content (AvgIpc) is 2.69. The van der Waals surface area contributed by atoms with E-state index < -0.39 is 0 Å². The highest BCUT2D eigenvalue weighted by Gasteiger charge is 2.24. The Morgan fingerprint density at radius 3 is 2.41 bits per heavy atom. The van der Waals surface area contributed by atoms with Gasteiger partial charge in [0.2, 0.25) is 0 Å². The number of nitrogens with zero attached hydrogens (tertiary/aromatic N) is 2. The van der Waals surface area contributed by atoms with Crippen molar-refractivity contribution >= 4 is 21.7 Å². The van der Waals surface area contributed by atoms with Crippen LogP contribution in [0.2, 0.25) is 0 Å². The molecule has 0 N–H and O–H groups in total. The van der Waals surface area contributed by atoms with E-state index in [1.807, 2.05) is 6.92 Å². The molecule has 0 aromatic carbocycles. The molecule has 0 atom stereocenters. The Hall–Kier alpha value is -0.640. The van der Waals surface area contributed by atoms with Gasteiger partial charge in [0.15, 0.2) is 5.78 Å². The van der Waals surface area contributed by atoms with Gasteiger partial charge >= 0.3 is 0 Å². The van der Waals surface area contributed by atoms with Gasteiger partial charge in [0.25, 0.3) is 0 Å². The first-order valence-electron chi connectivity index (χ1n) is 6.41. The first-order chi connectivity index (χ1) is 8.15. The Balaban J connectivity index is 2.95. The Kier molecular flexibility index (Phi) is 5.89. The summed E-state index contributed by atoms with van der Waals surface area (Å²) < 4.78 is 2.60. The topological polar surface area (TPSA) is 34.9 Å². The summed E-state index contributed by atoms with van der Waals surface area (Å²) in [4.78, 5) is 12.5. The maximum absolute atomic E-state index is 12.5. The van der Waals surface area contributed by atoms with E-state index in [0.717, 1.165) is 42.4 Å². The number of carbonyl (C=O) groups is 1. The highest BCUT2D eigenvalue weighted by molar-refractivity contribution is 9.10. The summed E-state index contributed by atoms with van der Waals surface area (Å²) in [5.74, 6) is 0.378. The lowest BCUT2D eigenvalue weighted by Crippen LogP contribution is -2.19. The molecule has 1 heterocycles. The summed E-state index contributed by atoms with van der Waals surface area (Å²) in [6, 6.07) is 0. The van der Waals surface area contributed by atoms with Gasteiger partial charge in [-0.25, -0.2) is 0 Å². The Labute approximate surface area is 112 Å². The Morgan fingerprint density at radius 1 is 1.35 bits per heavy atom. The summed E-state index contributed by atoms with van der Waals surface area (Å²) in [6.07, 6.45) is 5.75. The quantitative estimate of drug-likeness (QED) is 0.712. The zero-order valence-electron chi connectivity index (χ0n) is 10.9. The number of hydrogen-bond donors (Lipinski definition) is 0. The summed E-state index contributed by atoms with van der Waals surface area (Å²) in [7, 11) is 0. The van der Waals surface area contributed by atoms with Crippen molar-refractivity contribution in [3.63, 3.8) is 0 Å². The van der Waals surface area contributed by atoms with E-state index in [-0.39, 0.29) is 11.7 Å². The molecule has 0 aliphatic heterocycles. The molecular formula is C13H21BrN2O. The molecule has 96 valence electrons. The summed E-state index contributed by atoms with van der Waals surface area (Å²) >= 11 is 3.42. The van der Waals surface area contributed by atoms with Gasteiger partial charge in [0.1, 0.15) is 5.69 Å². The smallest absolute Gasteiger partial charge is 0.185 e. The molecule has 0 unspecified atom stereocenters. The second-order valence-electron chi connectivity index (χ2n) is 4.30. The largest absolute Gasteiger partial charge is 0.292 e. The normalized spacial score (nSPS) is 11.1. The molecule has 0 radical (unpaired) electrons. The van der Waals surface area contributed by atoms with Gasteiger partial charge in [-0.1, -0.05) is 26.7 Å². The minimum Gasteiger partial charge on any atom is -0.292 e. The molecule has 3 nitrogen and oxygen atoms in total. The van der Waals surface area contributed by atoms with Crippen LogP contribution in [-0.4, -0.2) is 15.6 Å². The number of Topliss-reactive ketones (excluding diaryl/α,β-unsaturated/α-hetero) is 1. The van der Waals surface area contributed by atoms with E-state index in [4.69, 9.17) is 0 Å². The fourth-order valence-electron chi connectivity index (χ4n) is 2.14. The van der Waals surface area contributed by atoms with Gasteiger partial charge in [-0.2, -0.15) is 5.10 Å². The molecule has 1 aromatic rings. The third-order valence-corrected chi connectivity index (χ3v) is 3.55. The number of aryl methyl sites for hydroxylation is 1. The monoisotopic (exact) mass is 300 g/mol. The van der Waals surface area contributed by atoms with Crippen molar-refractivity contribution in [1.29, 1.82) is 0 Å². The van der Waals surface area contributed by atoms with Crippen LogP contribution in [0.1, 0.15) is 56.9 Å². The lowest BCUT2D eigenvalue weighted by molar-refractivity contribution is 0.0893. The van der Waals surface area contributed by atoms with Crippen LogP contribution in [0.4, 0.5) is 0 Å². The van der Waals surface area contributed by atoms with Gasteiger partial charge < -0.3 is 0 Å². The number of carbonyl (C=O) groups excluding carboxylic acids is 1. The third kappa shape index (κ3) is 3.41. The first kappa shape index (κ1) is 14.4. The van der Waals surface area contributed by atoms with E-state index in [1.54, 1.807) is 10.9 Å². The standard InChI is InChI=1S/C13H21BrN2O/c1-4-7-10(8-5-2)13(17)12-11(14)9-15-16(12)6-3/h9-10H,4-8H2,1-3H3. The first-order valence-corrected chi connectivity index (χ1v) is 7.20. The highest BCUT2D eigenvalue weighted by Crippen LogP contribution is 2.24. The van der Waals surface area contributed by atoms with Crippen molar-refractivity contribution in [2.75, 3.05) is 0 Å². The van der Waals surface area contributed by atoms with Crippen LogP contribution in [0.25, 0.3) is 0 Å². The van der Waals surface area contributed by atoms with Gasteiger partial charge in [0, 0.05) is 12.5 Å². The van der Waals surface area contributed by atoms with Crippen molar-refractivity contribution in [2.45, 2.75) is 53.0 Å². The van der Waals surface area contributed by atoms with Crippen LogP contribution in [0.15, 0.2) is 10.7 Å². The summed E-state index contributed by atoms with van der Waals surface area (Å²) in [6.45, 7) is 6.99. The molecular weight excluding hydrogens is 280 g/mol. The lowest BCUT2D eigenvalue weighted by Gasteiger charge is -2.15. The molecule has 17 heavy (non-hydrogen) atoms. The number of hydrogen-bond acceptors (Lipinski definition) is 2. The molecule has 0 bridgehead atoms. The maximum Gasteiger partial charge on any atom is 0.185 e. The fourth-order valence-corrected chi connectivity index (χ4v) is 2.64. The van der Waals surface area contributed by atoms with Crippen molar-refractivity contribution in [2.24, 2.45) is 5.92 Å².